The first-order valence-corrected chi connectivity index (χ1v) is 12.0. The van der Waals surface area contributed by atoms with Crippen LogP contribution in [0.4, 0.5) is 5.82 Å². The minimum atomic E-state index is -3.34. The van der Waals surface area contributed by atoms with Crippen molar-refractivity contribution in [3.63, 3.8) is 0 Å². The SMILES string of the molecule is COCc1cc2c(Oc3ccc(S(C)(=O)=O)cc3)cc(C(=O)Nc3cc(OC)ccn3)cc2o1. The molecule has 9 nitrogen and oxygen atoms in total. The van der Waals surface area contributed by atoms with Crippen molar-refractivity contribution in [2.75, 3.05) is 25.8 Å². The van der Waals surface area contributed by atoms with Gasteiger partial charge in [-0.25, -0.2) is 13.4 Å². The van der Waals surface area contributed by atoms with Gasteiger partial charge in [0.1, 0.15) is 41.0 Å². The molecule has 0 aliphatic rings. The number of fused-ring (bicyclic) bond motifs is 1. The number of rotatable bonds is 8. The van der Waals surface area contributed by atoms with E-state index < -0.39 is 15.7 Å². The highest BCUT2D eigenvalue weighted by Gasteiger charge is 2.17. The van der Waals surface area contributed by atoms with Gasteiger partial charge in [0.05, 0.1) is 17.4 Å². The van der Waals surface area contributed by atoms with Crippen LogP contribution in [0.2, 0.25) is 0 Å². The minimum Gasteiger partial charge on any atom is -0.497 e. The molecule has 0 atom stereocenters. The Morgan fingerprint density at radius 3 is 2.47 bits per heavy atom. The summed E-state index contributed by atoms with van der Waals surface area (Å²) >= 11 is 0. The van der Waals surface area contributed by atoms with Crippen LogP contribution in [0.5, 0.6) is 17.2 Å². The number of methoxy groups -OCH3 is 2. The second-order valence-electron chi connectivity index (χ2n) is 7.41. The number of ether oxygens (including phenoxy) is 3. The summed E-state index contributed by atoms with van der Waals surface area (Å²) in [5.41, 5.74) is 0.708. The van der Waals surface area contributed by atoms with Crippen LogP contribution >= 0.6 is 0 Å². The molecule has 34 heavy (non-hydrogen) atoms. The molecule has 4 aromatic rings. The number of pyridine rings is 1. The molecule has 0 unspecified atom stereocenters. The van der Waals surface area contributed by atoms with Crippen LogP contribution in [0.1, 0.15) is 16.1 Å². The summed E-state index contributed by atoms with van der Waals surface area (Å²) in [4.78, 5) is 17.3. The summed E-state index contributed by atoms with van der Waals surface area (Å²) in [6.07, 6.45) is 2.66. The molecule has 0 aliphatic heterocycles. The molecule has 4 rings (SSSR count). The van der Waals surface area contributed by atoms with Crippen molar-refractivity contribution >= 4 is 32.5 Å². The number of carbonyl (C=O) groups is 1. The van der Waals surface area contributed by atoms with Gasteiger partial charge >= 0.3 is 0 Å². The number of hydrogen-bond acceptors (Lipinski definition) is 8. The monoisotopic (exact) mass is 482 g/mol. The van der Waals surface area contributed by atoms with E-state index >= 15 is 0 Å². The van der Waals surface area contributed by atoms with Gasteiger partial charge in [-0.15, -0.1) is 0 Å². The molecule has 0 spiro atoms. The largest absolute Gasteiger partial charge is 0.497 e. The first-order valence-electron chi connectivity index (χ1n) is 10.1. The van der Waals surface area contributed by atoms with E-state index in [9.17, 15) is 13.2 Å². The van der Waals surface area contributed by atoms with E-state index in [2.05, 4.69) is 10.3 Å². The van der Waals surface area contributed by atoms with Crippen LogP contribution in [0, 0.1) is 0 Å². The highest BCUT2D eigenvalue weighted by atomic mass is 32.2. The van der Waals surface area contributed by atoms with Gasteiger partial charge in [0.2, 0.25) is 0 Å². The van der Waals surface area contributed by atoms with Crippen LogP contribution in [0.3, 0.4) is 0 Å². The van der Waals surface area contributed by atoms with Crippen LogP contribution in [-0.4, -0.2) is 39.8 Å². The molecule has 0 radical (unpaired) electrons. The molecular weight excluding hydrogens is 460 g/mol. The summed E-state index contributed by atoms with van der Waals surface area (Å²) in [6, 6.07) is 14.2. The maximum atomic E-state index is 13.0. The average molecular weight is 483 g/mol. The lowest BCUT2D eigenvalue weighted by Gasteiger charge is -2.10. The third-order valence-electron chi connectivity index (χ3n) is 4.89. The smallest absolute Gasteiger partial charge is 0.257 e. The predicted molar refractivity (Wildman–Crippen MR) is 125 cm³/mol. The zero-order valence-corrected chi connectivity index (χ0v) is 19.5. The van der Waals surface area contributed by atoms with Crippen molar-refractivity contribution in [2.45, 2.75) is 11.5 Å². The second kappa shape index (κ2) is 9.54. The fourth-order valence-electron chi connectivity index (χ4n) is 3.27. The van der Waals surface area contributed by atoms with E-state index in [0.29, 0.717) is 39.8 Å². The number of nitrogens with one attached hydrogen (secondary N) is 1. The van der Waals surface area contributed by atoms with Gasteiger partial charge in [0.25, 0.3) is 5.91 Å². The summed E-state index contributed by atoms with van der Waals surface area (Å²) in [6.45, 7) is 0.242. The summed E-state index contributed by atoms with van der Waals surface area (Å²) < 4.78 is 45.6. The molecule has 2 aromatic heterocycles. The van der Waals surface area contributed by atoms with E-state index in [4.69, 9.17) is 18.6 Å². The summed E-state index contributed by atoms with van der Waals surface area (Å²) in [5.74, 6) is 1.77. The van der Waals surface area contributed by atoms with Gasteiger partial charge < -0.3 is 23.9 Å². The number of amides is 1. The number of carbonyl (C=O) groups excluding carboxylic acids is 1. The van der Waals surface area contributed by atoms with Crippen LogP contribution < -0.4 is 14.8 Å². The van der Waals surface area contributed by atoms with Crippen molar-refractivity contribution in [2.24, 2.45) is 0 Å². The molecule has 2 heterocycles. The Hall–Kier alpha value is -3.89. The Morgan fingerprint density at radius 2 is 1.79 bits per heavy atom. The molecule has 0 bridgehead atoms. The Kier molecular flexibility index (Phi) is 6.53. The molecule has 1 amide bonds. The number of anilines is 1. The third-order valence-corrected chi connectivity index (χ3v) is 6.02. The van der Waals surface area contributed by atoms with Gasteiger partial charge in [-0.1, -0.05) is 0 Å². The van der Waals surface area contributed by atoms with Crippen molar-refractivity contribution in [3.05, 3.63) is 72.1 Å². The molecule has 0 saturated heterocycles. The number of hydrogen-bond donors (Lipinski definition) is 1. The lowest BCUT2D eigenvalue weighted by Crippen LogP contribution is -2.13. The lowest BCUT2D eigenvalue weighted by molar-refractivity contribution is 0.102. The highest BCUT2D eigenvalue weighted by molar-refractivity contribution is 7.90. The maximum absolute atomic E-state index is 13.0. The molecule has 0 saturated carbocycles. The molecule has 2 aromatic carbocycles. The number of benzene rings is 2. The second-order valence-corrected chi connectivity index (χ2v) is 9.43. The van der Waals surface area contributed by atoms with Crippen molar-refractivity contribution in [1.82, 2.24) is 4.98 Å². The summed E-state index contributed by atoms with van der Waals surface area (Å²) in [5, 5.41) is 3.36. The van der Waals surface area contributed by atoms with Crippen LogP contribution in [0.25, 0.3) is 11.0 Å². The number of nitrogens with zero attached hydrogens (tertiary/aromatic N) is 1. The first-order chi connectivity index (χ1) is 16.3. The average Bonchev–Trinajstić information content (AvgIpc) is 3.22. The minimum absolute atomic E-state index is 0.176. The van der Waals surface area contributed by atoms with Gasteiger partial charge in [-0.05, 0) is 48.5 Å². The first kappa shape index (κ1) is 23.3. The lowest BCUT2D eigenvalue weighted by atomic mass is 10.1. The summed E-state index contributed by atoms with van der Waals surface area (Å²) in [7, 11) is -0.262. The van der Waals surface area contributed by atoms with Crippen molar-refractivity contribution in [3.8, 4) is 17.2 Å². The third kappa shape index (κ3) is 5.19. The van der Waals surface area contributed by atoms with Gasteiger partial charge in [-0.2, -0.15) is 0 Å². The molecule has 0 aliphatic carbocycles. The Bertz CT molecular complexity index is 1440. The highest BCUT2D eigenvalue weighted by Crippen LogP contribution is 2.34. The fourth-order valence-corrected chi connectivity index (χ4v) is 3.90. The quantitative estimate of drug-likeness (QED) is 0.392. The van der Waals surface area contributed by atoms with Crippen molar-refractivity contribution < 1.29 is 31.8 Å². The fraction of sp³-hybridized carbons (Fsp3) is 0.167. The van der Waals surface area contributed by atoms with E-state index in [1.54, 1.807) is 49.6 Å². The Labute approximate surface area is 196 Å². The Balaban J connectivity index is 1.70. The molecule has 0 fully saturated rings. The number of furan rings is 1. The zero-order valence-electron chi connectivity index (χ0n) is 18.7. The predicted octanol–water partition coefficient (Wildman–Crippen LogP) is 4.43. The number of sulfone groups is 1. The van der Waals surface area contributed by atoms with E-state index in [-0.39, 0.29) is 17.1 Å². The van der Waals surface area contributed by atoms with E-state index in [1.807, 2.05) is 0 Å². The zero-order chi connectivity index (χ0) is 24.3. The standard InChI is InChI=1S/C24H22N2O7S/c1-30-14-18-12-20-21(32-16-4-6-19(7-5-16)34(3,28)29)10-15(11-22(20)33-18)24(27)26-23-13-17(31-2)8-9-25-23/h4-13H,14H2,1-3H3,(H,25,26,27). The van der Waals surface area contributed by atoms with E-state index in [0.717, 1.165) is 6.26 Å². The van der Waals surface area contributed by atoms with E-state index in [1.165, 1.54) is 25.4 Å². The molecular formula is C24H22N2O7S. The molecule has 1 N–H and O–H groups in total. The van der Waals surface area contributed by atoms with Crippen LogP contribution in [0.15, 0.2) is 70.1 Å². The number of aromatic nitrogens is 1. The topological polar surface area (TPSA) is 117 Å². The van der Waals surface area contributed by atoms with Gasteiger partial charge in [0.15, 0.2) is 9.84 Å². The Morgan fingerprint density at radius 1 is 1.03 bits per heavy atom. The molecule has 10 heteroatoms. The van der Waals surface area contributed by atoms with Crippen molar-refractivity contribution in [1.29, 1.82) is 0 Å². The van der Waals surface area contributed by atoms with Gasteiger partial charge in [-0.3, -0.25) is 4.79 Å². The van der Waals surface area contributed by atoms with Crippen LogP contribution in [-0.2, 0) is 21.2 Å². The van der Waals surface area contributed by atoms with Gasteiger partial charge in [0, 0.05) is 31.2 Å². The normalized spacial score (nSPS) is 11.4. The molecule has 176 valence electrons. The maximum Gasteiger partial charge on any atom is 0.257 e.